The lowest BCUT2D eigenvalue weighted by Gasteiger charge is -2.20. The van der Waals surface area contributed by atoms with E-state index in [-0.39, 0.29) is 0 Å². The van der Waals surface area contributed by atoms with Crippen LogP contribution in [0.15, 0.2) is 261 Å². The fourth-order valence-electron chi connectivity index (χ4n) is 12.8. The van der Waals surface area contributed by atoms with Crippen LogP contribution in [0.3, 0.4) is 0 Å². The SMILES string of the molecule is N#Cc1ccc(-c2c(-n3c4ccccc4c4cc(-c5ccc(-n6c7ccccc7c7ccccc76)cc5)ccc43)cncc2-n2c3ccccc3c3cc(-c4ccc(-n5c6ccccc6c6ccccc65)cc4)ccc32)cc1C#N. The lowest BCUT2D eigenvalue weighted by molar-refractivity contribution is 1.09. The van der Waals surface area contributed by atoms with Gasteiger partial charge in [0, 0.05) is 60.0 Å². The molecule has 0 aliphatic rings. The second-order valence-corrected chi connectivity index (χ2v) is 20.5. The third-order valence-electron chi connectivity index (χ3n) is 16.4. The van der Waals surface area contributed by atoms with Gasteiger partial charge in [-0.1, -0.05) is 152 Å². The average molecular weight is 1020 g/mol. The van der Waals surface area contributed by atoms with Gasteiger partial charge in [0.2, 0.25) is 0 Å². The first kappa shape index (κ1) is 45.0. The van der Waals surface area contributed by atoms with Gasteiger partial charge >= 0.3 is 0 Å². The van der Waals surface area contributed by atoms with Crippen LogP contribution >= 0.6 is 0 Å². The molecule has 0 aliphatic carbocycles. The summed E-state index contributed by atoms with van der Waals surface area (Å²) in [7, 11) is 0. The number of fused-ring (bicyclic) bond motifs is 12. The van der Waals surface area contributed by atoms with Gasteiger partial charge in [-0.05, 0) is 125 Å². The van der Waals surface area contributed by atoms with Crippen molar-refractivity contribution in [1.29, 1.82) is 10.5 Å². The molecule has 0 unspecified atom stereocenters. The van der Waals surface area contributed by atoms with Crippen LogP contribution in [0.25, 0.3) is 143 Å². The summed E-state index contributed by atoms with van der Waals surface area (Å²) in [4.78, 5) is 5.09. The van der Waals surface area contributed by atoms with Gasteiger partial charge in [-0.15, -0.1) is 0 Å². The summed E-state index contributed by atoms with van der Waals surface area (Å²) in [6.45, 7) is 0. The lowest BCUT2D eigenvalue weighted by atomic mass is 9.98. The van der Waals surface area contributed by atoms with Crippen LogP contribution in [-0.2, 0) is 0 Å². The fourth-order valence-corrected chi connectivity index (χ4v) is 12.8. The van der Waals surface area contributed by atoms with Crippen LogP contribution in [0, 0.1) is 22.7 Å². The van der Waals surface area contributed by atoms with Crippen LogP contribution < -0.4 is 0 Å². The molecule has 0 atom stereocenters. The van der Waals surface area contributed by atoms with Gasteiger partial charge < -0.3 is 18.3 Å². The van der Waals surface area contributed by atoms with Crippen molar-refractivity contribution in [2.24, 2.45) is 0 Å². The summed E-state index contributed by atoms with van der Waals surface area (Å²) in [6, 6.07) is 92.9. The minimum Gasteiger partial charge on any atom is -0.309 e. The molecule has 80 heavy (non-hydrogen) atoms. The Balaban J connectivity index is 0.851. The maximum Gasteiger partial charge on any atom is 0.101 e. The van der Waals surface area contributed by atoms with Crippen molar-refractivity contribution < 1.29 is 0 Å². The molecule has 11 aromatic carbocycles. The molecule has 7 nitrogen and oxygen atoms in total. The van der Waals surface area contributed by atoms with E-state index >= 15 is 0 Å². The van der Waals surface area contributed by atoms with E-state index < -0.39 is 0 Å². The molecular weight excluding hydrogens is 975 g/mol. The van der Waals surface area contributed by atoms with E-state index in [9.17, 15) is 10.5 Å². The summed E-state index contributed by atoms with van der Waals surface area (Å²) in [5, 5.41) is 30.0. The standard InChI is InChI=1S/C73H43N7/c74-42-51-26-25-50(39-52(51)43-75)73-71(79-67-23-11-5-17-59(67)61-40-48(31-37-69(61)79)46-27-33-53(34-28-46)77-63-19-7-1-13-55(63)56-14-2-8-20-64(56)77)44-76-45-72(73)80-68-24-12-6-18-60(68)62-41-49(32-38-70(62)80)47-29-35-54(36-30-47)78-65-21-9-3-15-57(65)58-16-4-10-22-66(58)78/h1-41,44-45H. The third kappa shape index (κ3) is 6.69. The highest BCUT2D eigenvalue weighted by Crippen LogP contribution is 2.44. The zero-order valence-corrected chi connectivity index (χ0v) is 43.0. The number of pyridine rings is 1. The largest absolute Gasteiger partial charge is 0.309 e. The van der Waals surface area contributed by atoms with E-state index in [0.29, 0.717) is 11.1 Å². The summed E-state index contributed by atoms with van der Waals surface area (Å²) >= 11 is 0. The van der Waals surface area contributed by atoms with Crippen LogP contribution in [0.2, 0.25) is 0 Å². The maximum absolute atomic E-state index is 10.5. The predicted molar refractivity (Wildman–Crippen MR) is 327 cm³/mol. The molecule has 0 amide bonds. The summed E-state index contributed by atoms with van der Waals surface area (Å²) in [5.74, 6) is 0. The van der Waals surface area contributed by atoms with Crippen LogP contribution in [0.5, 0.6) is 0 Å². The Bertz CT molecular complexity index is 4920. The van der Waals surface area contributed by atoms with Gasteiger partial charge in [-0.3, -0.25) is 4.98 Å². The van der Waals surface area contributed by atoms with Gasteiger partial charge in [0.05, 0.1) is 79.0 Å². The Labute approximate surface area is 459 Å². The Morgan fingerprint density at radius 1 is 0.263 bits per heavy atom. The molecule has 0 radical (unpaired) electrons. The molecule has 0 spiro atoms. The fraction of sp³-hybridized carbons (Fsp3) is 0. The number of benzene rings is 11. The first-order valence-electron chi connectivity index (χ1n) is 26.8. The highest BCUT2D eigenvalue weighted by atomic mass is 15.0. The minimum atomic E-state index is 0.311. The molecule has 0 aliphatic heterocycles. The smallest absolute Gasteiger partial charge is 0.101 e. The summed E-state index contributed by atoms with van der Waals surface area (Å²) < 4.78 is 9.32. The Morgan fingerprint density at radius 3 is 0.950 bits per heavy atom. The zero-order chi connectivity index (χ0) is 53.0. The molecule has 7 heteroatoms. The number of nitrogens with zero attached hydrogens (tertiary/aromatic N) is 7. The van der Waals surface area contributed by atoms with Gasteiger partial charge in [-0.2, -0.15) is 10.5 Å². The van der Waals surface area contributed by atoms with Crippen LogP contribution in [0.4, 0.5) is 0 Å². The van der Waals surface area contributed by atoms with Crippen molar-refractivity contribution in [2.75, 3.05) is 0 Å². The average Bonchev–Trinajstić information content (AvgIpc) is 4.35. The highest BCUT2D eigenvalue weighted by Gasteiger charge is 2.24. The van der Waals surface area contributed by atoms with Gasteiger partial charge in [0.1, 0.15) is 12.1 Å². The quantitative estimate of drug-likeness (QED) is 0.160. The molecule has 16 rings (SSSR count). The monoisotopic (exact) mass is 1020 g/mol. The molecule has 5 aromatic heterocycles. The first-order chi connectivity index (χ1) is 39.6. The van der Waals surface area contributed by atoms with Crippen LogP contribution in [0.1, 0.15) is 11.1 Å². The number of hydrogen-bond donors (Lipinski definition) is 0. The predicted octanol–water partition coefficient (Wildman–Crippen LogP) is 18.2. The van der Waals surface area contributed by atoms with E-state index in [2.05, 4.69) is 261 Å². The Hall–Kier alpha value is -11.3. The summed E-state index contributed by atoms with van der Waals surface area (Å²) in [5.41, 5.74) is 19.5. The van der Waals surface area contributed by atoms with Crippen LogP contribution in [-0.4, -0.2) is 23.3 Å². The molecule has 0 N–H and O–H groups in total. The van der Waals surface area contributed by atoms with Gasteiger partial charge in [-0.25, -0.2) is 0 Å². The molecule has 0 saturated heterocycles. The molecule has 5 heterocycles. The normalized spacial score (nSPS) is 11.7. The number of hydrogen-bond acceptors (Lipinski definition) is 3. The molecule has 0 bridgehead atoms. The second-order valence-electron chi connectivity index (χ2n) is 20.5. The number of rotatable bonds is 7. The Kier molecular flexibility index (Phi) is 9.93. The molecule has 16 aromatic rings. The van der Waals surface area contributed by atoms with Gasteiger partial charge in [0.15, 0.2) is 0 Å². The minimum absolute atomic E-state index is 0.311. The van der Waals surface area contributed by atoms with Crippen molar-refractivity contribution in [3.8, 4) is 68.3 Å². The molecule has 370 valence electrons. The number of para-hydroxylation sites is 6. The van der Waals surface area contributed by atoms with Crippen molar-refractivity contribution in [2.45, 2.75) is 0 Å². The first-order valence-corrected chi connectivity index (χ1v) is 26.8. The van der Waals surface area contributed by atoms with E-state index in [1.54, 1.807) is 6.07 Å². The highest BCUT2D eigenvalue weighted by molar-refractivity contribution is 6.14. The molecule has 0 fully saturated rings. The van der Waals surface area contributed by atoms with Gasteiger partial charge in [0.25, 0.3) is 0 Å². The second kappa shape index (κ2) is 17.7. The zero-order valence-electron chi connectivity index (χ0n) is 43.0. The van der Waals surface area contributed by atoms with E-state index in [4.69, 9.17) is 4.98 Å². The van der Waals surface area contributed by atoms with E-state index in [0.717, 1.165) is 99.7 Å². The third-order valence-corrected chi connectivity index (χ3v) is 16.4. The Morgan fingerprint density at radius 2 is 0.575 bits per heavy atom. The number of aromatic nitrogens is 5. The van der Waals surface area contributed by atoms with E-state index in [1.807, 2.05) is 24.5 Å². The summed E-state index contributed by atoms with van der Waals surface area (Å²) in [6.07, 6.45) is 3.87. The topological polar surface area (TPSA) is 80.2 Å². The maximum atomic E-state index is 10.5. The lowest BCUT2D eigenvalue weighted by Crippen LogP contribution is -2.05. The van der Waals surface area contributed by atoms with Crippen molar-refractivity contribution >= 4 is 87.2 Å². The van der Waals surface area contributed by atoms with E-state index in [1.165, 1.54) is 43.6 Å². The van der Waals surface area contributed by atoms with Crippen molar-refractivity contribution in [3.05, 3.63) is 272 Å². The van der Waals surface area contributed by atoms with Crippen molar-refractivity contribution in [3.63, 3.8) is 0 Å². The molecule has 0 saturated carbocycles. The number of nitriles is 2. The van der Waals surface area contributed by atoms with Crippen molar-refractivity contribution in [1.82, 2.24) is 23.3 Å². The molecular formula is C73H43N7.